The highest BCUT2D eigenvalue weighted by Crippen LogP contribution is 2.32. The summed E-state index contributed by atoms with van der Waals surface area (Å²) in [4.78, 5) is 9.20. The topological polar surface area (TPSA) is 73.1 Å². The van der Waals surface area contributed by atoms with Crippen LogP contribution >= 0.6 is 0 Å². The molecule has 0 radical (unpaired) electrons. The Kier molecular flexibility index (Phi) is 4.88. The third kappa shape index (κ3) is 3.04. The van der Waals surface area contributed by atoms with Crippen molar-refractivity contribution in [3.63, 3.8) is 0 Å². The third-order valence-electron chi connectivity index (χ3n) is 3.88. The summed E-state index contributed by atoms with van der Waals surface area (Å²) < 4.78 is 5.72. The molecule has 3 N–H and O–H groups in total. The number of anilines is 1. The van der Waals surface area contributed by atoms with Crippen molar-refractivity contribution in [3.05, 3.63) is 42.2 Å². The molecule has 5 nitrogen and oxygen atoms in total. The largest absolute Gasteiger partial charge is 0.370 e. The van der Waals surface area contributed by atoms with Crippen molar-refractivity contribution in [1.29, 1.82) is 0 Å². The van der Waals surface area contributed by atoms with Crippen molar-refractivity contribution < 1.29 is 4.74 Å². The van der Waals surface area contributed by atoms with E-state index in [4.69, 9.17) is 15.6 Å². The Morgan fingerprint density at radius 3 is 2.33 bits per heavy atom. The van der Waals surface area contributed by atoms with Gasteiger partial charge in [0.1, 0.15) is 11.4 Å². The molecule has 0 aliphatic rings. The minimum atomic E-state index is -0.490. The molecule has 0 spiro atoms. The molecule has 0 atom stereocenters. The van der Waals surface area contributed by atoms with Crippen LogP contribution in [0.3, 0.4) is 0 Å². The third-order valence-corrected chi connectivity index (χ3v) is 3.88. The van der Waals surface area contributed by atoms with Crippen molar-refractivity contribution in [2.24, 2.45) is 5.84 Å². The van der Waals surface area contributed by atoms with Crippen molar-refractivity contribution in [2.45, 2.75) is 32.3 Å². The van der Waals surface area contributed by atoms with Gasteiger partial charge in [0.2, 0.25) is 0 Å². The van der Waals surface area contributed by atoms with Gasteiger partial charge < -0.3 is 10.2 Å². The first kappa shape index (κ1) is 15.4. The van der Waals surface area contributed by atoms with E-state index in [-0.39, 0.29) is 0 Å². The second-order valence-electron chi connectivity index (χ2n) is 4.88. The molecule has 0 fully saturated rings. The summed E-state index contributed by atoms with van der Waals surface area (Å²) in [5.74, 6) is 6.79. The zero-order chi connectivity index (χ0) is 15.3. The van der Waals surface area contributed by atoms with E-state index in [1.54, 1.807) is 7.11 Å². The molecule has 1 aromatic carbocycles. The molecule has 2 rings (SSSR count). The van der Waals surface area contributed by atoms with Gasteiger partial charge in [0, 0.05) is 18.7 Å². The molecule has 1 aromatic heterocycles. The normalized spacial score (nSPS) is 11.4. The Morgan fingerprint density at radius 1 is 1.14 bits per heavy atom. The van der Waals surface area contributed by atoms with Gasteiger partial charge in [-0.1, -0.05) is 44.2 Å². The van der Waals surface area contributed by atoms with Crippen molar-refractivity contribution >= 4 is 5.82 Å². The van der Waals surface area contributed by atoms with Crippen LogP contribution in [0.4, 0.5) is 5.82 Å². The van der Waals surface area contributed by atoms with Crippen LogP contribution in [-0.2, 0) is 10.3 Å². The molecule has 21 heavy (non-hydrogen) atoms. The fourth-order valence-electron chi connectivity index (χ4n) is 2.43. The molecule has 2 aromatic rings. The minimum absolute atomic E-state index is 0.490. The van der Waals surface area contributed by atoms with E-state index in [0.717, 1.165) is 24.1 Å². The van der Waals surface area contributed by atoms with E-state index >= 15 is 0 Å². The Labute approximate surface area is 125 Å². The lowest BCUT2D eigenvalue weighted by atomic mass is 9.95. The number of methoxy groups -OCH3 is 1. The summed E-state index contributed by atoms with van der Waals surface area (Å²) in [6.07, 6.45) is 1.59. The average Bonchev–Trinajstić information content (AvgIpc) is 2.57. The minimum Gasteiger partial charge on any atom is -0.370 e. The molecule has 0 unspecified atom stereocenters. The predicted octanol–water partition coefficient (Wildman–Crippen LogP) is 3.09. The summed E-state index contributed by atoms with van der Waals surface area (Å²) >= 11 is 0. The van der Waals surface area contributed by atoms with Crippen LogP contribution in [0.2, 0.25) is 0 Å². The molecule has 0 aliphatic heterocycles. The number of nitrogens with two attached hydrogens (primary N) is 1. The smallest absolute Gasteiger partial charge is 0.163 e. The quantitative estimate of drug-likeness (QED) is 0.630. The van der Waals surface area contributed by atoms with E-state index in [9.17, 15) is 0 Å². The first-order valence-corrected chi connectivity index (χ1v) is 7.15. The first-order valence-electron chi connectivity index (χ1n) is 7.15. The average molecular weight is 286 g/mol. The Balaban J connectivity index is 2.58. The number of hydrogen-bond donors (Lipinski definition) is 2. The van der Waals surface area contributed by atoms with E-state index in [2.05, 4.69) is 24.3 Å². The lowest BCUT2D eigenvalue weighted by molar-refractivity contribution is -0.0289. The number of nitrogens with one attached hydrogen (secondary N) is 1. The van der Waals surface area contributed by atoms with Gasteiger partial charge in [-0.2, -0.15) is 0 Å². The summed E-state index contributed by atoms with van der Waals surface area (Å²) in [6, 6.07) is 11.8. The van der Waals surface area contributed by atoms with E-state index < -0.39 is 5.60 Å². The second-order valence-corrected chi connectivity index (χ2v) is 4.88. The van der Waals surface area contributed by atoms with E-state index in [0.29, 0.717) is 11.6 Å². The molecule has 0 saturated carbocycles. The van der Waals surface area contributed by atoms with Gasteiger partial charge in [-0.15, -0.1) is 0 Å². The van der Waals surface area contributed by atoms with Crippen LogP contribution in [0.1, 0.15) is 32.5 Å². The highest BCUT2D eigenvalue weighted by atomic mass is 16.5. The maximum absolute atomic E-state index is 5.72. The fraction of sp³-hybridized carbons (Fsp3) is 0.375. The van der Waals surface area contributed by atoms with Gasteiger partial charge in [-0.25, -0.2) is 15.8 Å². The number of benzene rings is 1. The van der Waals surface area contributed by atoms with Crippen molar-refractivity contribution in [2.75, 3.05) is 12.5 Å². The van der Waals surface area contributed by atoms with E-state index in [1.165, 1.54) is 0 Å². The molecule has 0 saturated heterocycles. The van der Waals surface area contributed by atoms with Crippen molar-refractivity contribution in [1.82, 2.24) is 9.97 Å². The number of hydrogen-bond acceptors (Lipinski definition) is 5. The van der Waals surface area contributed by atoms with Crippen molar-refractivity contribution in [3.8, 4) is 11.3 Å². The number of nitrogen functional groups attached to an aromatic ring is 1. The standard InChI is InChI=1S/C16H22N4O/c1-4-16(5-2,21-3)15-18-13(11-14(19-15)20-17)12-9-7-6-8-10-12/h6-11H,4-5,17H2,1-3H3,(H,18,19,20). The van der Waals surface area contributed by atoms with Crippen LogP contribution in [0.25, 0.3) is 11.3 Å². The van der Waals surface area contributed by atoms with E-state index in [1.807, 2.05) is 36.4 Å². The number of hydrazine groups is 1. The molecule has 112 valence electrons. The lowest BCUT2D eigenvalue weighted by Crippen LogP contribution is -2.30. The summed E-state index contributed by atoms with van der Waals surface area (Å²) in [5.41, 5.74) is 3.98. The summed E-state index contributed by atoms with van der Waals surface area (Å²) in [7, 11) is 1.70. The second kappa shape index (κ2) is 6.65. The molecule has 5 heteroatoms. The monoisotopic (exact) mass is 286 g/mol. The molecule has 0 bridgehead atoms. The maximum atomic E-state index is 5.72. The zero-order valence-electron chi connectivity index (χ0n) is 12.8. The van der Waals surface area contributed by atoms with Gasteiger partial charge in [0.15, 0.2) is 5.82 Å². The number of aromatic nitrogens is 2. The van der Waals surface area contributed by atoms with Gasteiger partial charge in [-0.05, 0) is 12.8 Å². The molecule has 1 heterocycles. The van der Waals surface area contributed by atoms with Crippen LogP contribution in [-0.4, -0.2) is 17.1 Å². The van der Waals surface area contributed by atoms with Crippen LogP contribution < -0.4 is 11.3 Å². The molecule has 0 amide bonds. The zero-order valence-corrected chi connectivity index (χ0v) is 12.8. The Bertz CT molecular complexity index is 574. The first-order chi connectivity index (χ1) is 10.2. The Hall–Kier alpha value is -1.98. The summed E-state index contributed by atoms with van der Waals surface area (Å²) in [5, 5.41) is 0. The molecular formula is C16H22N4O. The number of rotatable bonds is 6. The highest BCUT2D eigenvalue weighted by Gasteiger charge is 2.32. The molecular weight excluding hydrogens is 264 g/mol. The van der Waals surface area contributed by atoms with Crippen LogP contribution in [0.5, 0.6) is 0 Å². The van der Waals surface area contributed by atoms with Gasteiger partial charge >= 0.3 is 0 Å². The molecule has 0 aliphatic carbocycles. The van der Waals surface area contributed by atoms with Gasteiger partial charge in [0.25, 0.3) is 0 Å². The lowest BCUT2D eigenvalue weighted by Gasteiger charge is -2.29. The highest BCUT2D eigenvalue weighted by molar-refractivity contribution is 5.62. The summed E-state index contributed by atoms with van der Waals surface area (Å²) in [6.45, 7) is 4.14. The van der Waals surface area contributed by atoms with Gasteiger partial charge in [0.05, 0.1) is 5.69 Å². The number of nitrogens with zero attached hydrogens (tertiary/aromatic N) is 2. The Morgan fingerprint density at radius 2 is 1.81 bits per heavy atom. The van der Waals surface area contributed by atoms with Crippen LogP contribution in [0.15, 0.2) is 36.4 Å². The maximum Gasteiger partial charge on any atom is 0.163 e. The SMILES string of the molecule is CCC(CC)(OC)c1nc(NN)cc(-c2ccccc2)n1. The fourth-order valence-corrected chi connectivity index (χ4v) is 2.43. The van der Waals surface area contributed by atoms with Crippen LogP contribution in [0, 0.1) is 0 Å². The predicted molar refractivity (Wildman–Crippen MR) is 84.5 cm³/mol. The number of ether oxygens (including phenoxy) is 1. The van der Waals surface area contributed by atoms with Gasteiger partial charge in [-0.3, -0.25) is 0 Å².